The van der Waals surface area contributed by atoms with Crippen molar-refractivity contribution in [1.82, 2.24) is 4.90 Å². The van der Waals surface area contributed by atoms with Gasteiger partial charge in [-0.05, 0) is 52.3 Å². The fourth-order valence-electron chi connectivity index (χ4n) is 4.03. The molecule has 0 saturated carbocycles. The number of aliphatic hydroxyl groups is 1. The number of likely N-dealkylation sites (tertiary alicyclic amines) is 1. The third-order valence-corrected chi connectivity index (χ3v) is 5.34. The molecule has 1 heterocycles. The van der Waals surface area contributed by atoms with E-state index in [1.807, 2.05) is 52.0 Å². The molecule has 2 aromatic carbocycles. The zero-order valence-corrected chi connectivity index (χ0v) is 20.4. The van der Waals surface area contributed by atoms with E-state index in [-0.39, 0.29) is 23.5 Å². The molecule has 7 heteroatoms. The number of hydrogen-bond donors (Lipinski definition) is 1. The van der Waals surface area contributed by atoms with Gasteiger partial charge in [0.1, 0.15) is 17.3 Å². The monoisotopic (exact) mass is 467 g/mol. The predicted octanol–water partition coefficient (Wildman–Crippen LogP) is 4.72. The number of methoxy groups -OCH3 is 1. The van der Waals surface area contributed by atoms with E-state index in [4.69, 9.17) is 14.2 Å². The van der Waals surface area contributed by atoms with E-state index in [2.05, 4.69) is 0 Å². The first kappa shape index (κ1) is 25.3. The van der Waals surface area contributed by atoms with Crippen molar-refractivity contribution in [3.8, 4) is 11.5 Å². The van der Waals surface area contributed by atoms with E-state index < -0.39 is 17.7 Å². The summed E-state index contributed by atoms with van der Waals surface area (Å²) in [7, 11) is 1.59. The van der Waals surface area contributed by atoms with Gasteiger partial charge in [-0.2, -0.15) is 0 Å². The van der Waals surface area contributed by atoms with Gasteiger partial charge in [0.25, 0.3) is 11.7 Å². The first-order chi connectivity index (χ1) is 16.2. The van der Waals surface area contributed by atoms with Crippen LogP contribution in [-0.2, 0) is 14.3 Å². The highest BCUT2D eigenvalue weighted by atomic mass is 16.5. The van der Waals surface area contributed by atoms with Crippen molar-refractivity contribution in [2.75, 3.05) is 20.3 Å². The molecule has 1 saturated heterocycles. The number of hydrogen-bond acceptors (Lipinski definition) is 6. The molecular formula is C27H33NO6. The summed E-state index contributed by atoms with van der Waals surface area (Å²) in [6.45, 7) is 8.37. The summed E-state index contributed by atoms with van der Waals surface area (Å²) in [5.41, 5.74) is 1.08. The van der Waals surface area contributed by atoms with Crippen molar-refractivity contribution in [2.24, 2.45) is 0 Å². The number of carbonyl (C=O) groups is 2. The summed E-state index contributed by atoms with van der Waals surface area (Å²) in [5, 5.41) is 11.3. The quantitative estimate of drug-likeness (QED) is 0.236. The zero-order chi connectivity index (χ0) is 24.8. The molecule has 1 fully saturated rings. The van der Waals surface area contributed by atoms with Crippen molar-refractivity contribution in [2.45, 2.75) is 52.4 Å². The van der Waals surface area contributed by atoms with Crippen LogP contribution in [0.25, 0.3) is 5.76 Å². The molecule has 3 rings (SSSR count). The molecule has 0 aliphatic carbocycles. The van der Waals surface area contributed by atoms with Crippen LogP contribution >= 0.6 is 0 Å². The van der Waals surface area contributed by atoms with E-state index in [1.165, 1.54) is 4.90 Å². The van der Waals surface area contributed by atoms with Gasteiger partial charge in [0, 0.05) is 31.4 Å². The number of para-hydroxylation sites is 1. The Labute approximate surface area is 200 Å². The maximum absolute atomic E-state index is 13.2. The fraction of sp³-hybridized carbons (Fsp3) is 0.407. The molecule has 182 valence electrons. The molecule has 1 N–H and O–H groups in total. The molecule has 1 atom stereocenters. The lowest BCUT2D eigenvalue weighted by molar-refractivity contribution is -0.140. The molecule has 1 aliphatic rings. The second-order valence-corrected chi connectivity index (χ2v) is 8.74. The highest BCUT2D eigenvalue weighted by Gasteiger charge is 2.46. The minimum absolute atomic E-state index is 0.0314. The minimum Gasteiger partial charge on any atom is -0.507 e. The summed E-state index contributed by atoms with van der Waals surface area (Å²) >= 11 is 0. The van der Waals surface area contributed by atoms with Gasteiger partial charge in [0.2, 0.25) is 0 Å². The molecule has 0 bridgehead atoms. The Bertz CT molecular complexity index is 1060. The highest BCUT2D eigenvalue weighted by Crippen LogP contribution is 2.43. The SMILES string of the molecule is COCCCN1C(=O)C(=O)/C(=C(\O)c2cccc(OC(C)C)c2)C1c1ccccc1OC(C)C. The normalized spacial score (nSPS) is 17.6. The zero-order valence-electron chi connectivity index (χ0n) is 20.4. The third kappa shape index (κ3) is 5.59. The Morgan fingerprint density at radius 3 is 2.38 bits per heavy atom. The van der Waals surface area contributed by atoms with Gasteiger partial charge in [-0.3, -0.25) is 9.59 Å². The first-order valence-corrected chi connectivity index (χ1v) is 11.5. The molecule has 0 radical (unpaired) electrons. The van der Waals surface area contributed by atoms with Crippen LogP contribution < -0.4 is 9.47 Å². The molecule has 2 aromatic rings. The second kappa shape index (κ2) is 11.2. The number of amides is 1. The van der Waals surface area contributed by atoms with Crippen LogP contribution in [0.3, 0.4) is 0 Å². The predicted molar refractivity (Wildman–Crippen MR) is 130 cm³/mol. The molecule has 0 spiro atoms. The Kier molecular flexibility index (Phi) is 8.34. The van der Waals surface area contributed by atoms with Crippen LogP contribution in [-0.4, -0.2) is 54.2 Å². The van der Waals surface area contributed by atoms with Gasteiger partial charge in [-0.15, -0.1) is 0 Å². The van der Waals surface area contributed by atoms with Crippen molar-refractivity contribution in [3.05, 3.63) is 65.2 Å². The van der Waals surface area contributed by atoms with E-state index in [0.29, 0.717) is 42.2 Å². The Morgan fingerprint density at radius 1 is 1.00 bits per heavy atom. The van der Waals surface area contributed by atoms with Gasteiger partial charge in [-0.1, -0.05) is 30.3 Å². The maximum Gasteiger partial charge on any atom is 0.295 e. The summed E-state index contributed by atoms with van der Waals surface area (Å²) in [6, 6.07) is 13.4. The average Bonchev–Trinajstić information content (AvgIpc) is 3.03. The molecule has 7 nitrogen and oxygen atoms in total. The summed E-state index contributed by atoms with van der Waals surface area (Å²) in [6.07, 6.45) is 0.385. The number of rotatable bonds is 10. The number of Topliss-reactive ketones (excluding diaryl/α,β-unsaturated/α-hetero) is 1. The van der Waals surface area contributed by atoms with E-state index in [1.54, 1.807) is 31.4 Å². The largest absolute Gasteiger partial charge is 0.507 e. The molecule has 1 amide bonds. The number of benzene rings is 2. The fourth-order valence-corrected chi connectivity index (χ4v) is 4.03. The summed E-state index contributed by atoms with van der Waals surface area (Å²) in [5.74, 6) is -0.505. The van der Waals surface area contributed by atoms with Crippen molar-refractivity contribution < 1.29 is 28.9 Å². The van der Waals surface area contributed by atoms with Crippen LogP contribution in [0.4, 0.5) is 0 Å². The van der Waals surface area contributed by atoms with E-state index >= 15 is 0 Å². The molecule has 1 unspecified atom stereocenters. The number of ether oxygens (including phenoxy) is 3. The number of ketones is 1. The Balaban J connectivity index is 2.16. The van der Waals surface area contributed by atoms with Gasteiger partial charge in [-0.25, -0.2) is 0 Å². The first-order valence-electron chi connectivity index (χ1n) is 11.5. The van der Waals surface area contributed by atoms with Gasteiger partial charge in [0.05, 0.1) is 23.8 Å². The Morgan fingerprint density at radius 2 is 1.71 bits per heavy atom. The minimum atomic E-state index is -0.790. The molecule has 1 aliphatic heterocycles. The lowest BCUT2D eigenvalue weighted by atomic mass is 9.94. The topological polar surface area (TPSA) is 85.3 Å². The van der Waals surface area contributed by atoms with Crippen LogP contribution in [0.15, 0.2) is 54.1 Å². The van der Waals surface area contributed by atoms with Crippen molar-refractivity contribution in [1.29, 1.82) is 0 Å². The summed E-state index contributed by atoms with van der Waals surface area (Å²) < 4.78 is 16.9. The molecule has 34 heavy (non-hydrogen) atoms. The lowest BCUT2D eigenvalue weighted by Crippen LogP contribution is -2.31. The number of aliphatic hydroxyl groups excluding tert-OH is 1. The van der Waals surface area contributed by atoms with Gasteiger partial charge >= 0.3 is 0 Å². The second-order valence-electron chi connectivity index (χ2n) is 8.74. The van der Waals surface area contributed by atoms with Crippen LogP contribution in [0, 0.1) is 0 Å². The van der Waals surface area contributed by atoms with Crippen molar-refractivity contribution >= 4 is 17.4 Å². The van der Waals surface area contributed by atoms with E-state index in [9.17, 15) is 14.7 Å². The van der Waals surface area contributed by atoms with Crippen molar-refractivity contribution in [3.63, 3.8) is 0 Å². The maximum atomic E-state index is 13.2. The van der Waals surface area contributed by atoms with Gasteiger partial charge < -0.3 is 24.2 Å². The van der Waals surface area contributed by atoms with E-state index in [0.717, 1.165) is 0 Å². The Hall–Kier alpha value is -3.32. The van der Waals surface area contributed by atoms with Crippen LogP contribution in [0.2, 0.25) is 0 Å². The third-order valence-electron chi connectivity index (χ3n) is 5.34. The van der Waals surface area contributed by atoms with Gasteiger partial charge in [0.15, 0.2) is 0 Å². The highest BCUT2D eigenvalue weighted by molar-refractivity contribution is 6.46. The molecule has 0 aromatic heterocycles. The number of nitrogens with zero attached hydrogens (tertiary/aromatic N) is 1. The number of carbonyl (C=O) groups excluding carboxylic acids is 2. The van der Waals surface area contributed by atoms with Crippen LogP contribution in [0.5, 0.6) is 11.5 Å². The lowest BCUT2D eigenvalue weighted by Gasteiger charge is -2.27. The van der Waals surface area contributed by atoms with Crippen LogP contribution in [0.1, 0.15) is 51.3 Å². The average molecular weight is 468 g/mol. The summed E-state index contributed by atoms with van der Waals surface area (Å²) in [4.78, 5) is 27.8. The molecular weight excluding hydrogens is 434 g/mol. The standard InChI is InChI=1S/C27H33NO6/c1-17(2)33-20-11-8-10-19(16-20)25(29)23-24(21-12-6-7-13-22(21)34-18(3)4)28(14-9-15-32-5)27(31)26(23)30/h6-8,10-13,16-18,24,29H,9,14-15H2,1-5H3/b25-23-. The smallest absolute Gasteiger partial charge is 0.295 e.